The summed E-state index contributed by atoms with van der Waals surface area (Å²) in [5, 5.41) is 12.4. The minimum absolute atomic E-state index is 0.0883. The molecule has 6 heteroatoms. The predicted octanol–water partition coefficient (Wildman–Crippen LogP) is 1.77. The third-order valence-electron chi connectivity index (χ3n) is 3.87. The van der Waals surface area contributed by atoms with Crippen molar-refractivity contribution in [1.82, 2.24) is 0 Å². The second-order valence-electron chi connectivity index (χ2n) is 5.36. The van der Waals surface area contributed by atoms with E-state index in [0.29, 0.717) is 17.9 Å². The van der Waals surface area contributed by atoms with Crippen molar-refractivity contribution in [3.05, 3.63) is 29.3 Å². The maximum Gasteiger partial charge on any atom is 0.154 e. The first-order valence-corrected chi connectivity index (χ1v) is 8.61. The highest BCUT2D eigenvalue weighted by Crippen LogP contribution is 2.27. The fourth-order valence-electron chi connectivity index (χ4n) is 2.85. The van der Waals surface area contributed by atoms with Crippen LogP contribution in [0.25, 0.3) is 0 Å². The second kappa shape index (κ2) is 5.09. The van der Waals surface area contributed by atoms with Crippen molar-refractivity contribution in [2.75, 3.05) is 11.5 Å². The first-order chi connectivity index (χ1) is 9.57. The van der Waals surface area contributed by atoms with Crippen LogP contribution in [0.5, 0.6) is 5.75 Å². The van der Waals surface area contributed by atoms with Gasteiger partial charge in [0.25, 0.3) is 0 Å². The van der Waals surface area contributed by atoms with Gasteiger partial charge in [-0.15, -0.1) is 0 Å². The van der Waals surface area contributed by atoms with E-state index in [1.54, 1.807) is 0 Å². The molecule has 108 valence electrons. The van der Waals surface area contributed by atoms with Gasteiger partial charge >= 0.3 is 0 Å². The zero-order chi connectivity index (χ0) is 14.2. The lowest BCUT2D eigenvalue weighted by Gasteiger charge is -2.19. The van der Waals surface area contributed by atoms with Crippen LogP contribution in [0, 0.1) is 0 Å². The van der Waals surface area contributed by atoms with Crippen LogP contribution >= 0.6 is 0 Å². The Kier molecular flexibility index (Phi) is 3.41. The summed E-state index contributed by atoms with van der Waals surface area (Å²) in [6, 6.07) is 5.69. The van der Waals surface area contributed by atoms with Crippen molar-refractivity contribution in [1.29, 1.82) is 0 Å². The van der Waals surface area contributed by atoms with Gasteiger partial charge in [-0.3, -0.25) is 0 Å². The zero-order valence-electron chi connectivity index (χ0n) is 11.1. The van der Waals surface area contributed by atoms with Crippen molar-refractivity contribution < 1.29 is 18.4 Å². The first-order valence-electron chi connectivity index (χ1n) is 6.79. The molecule has 5 nitrogen and oxygen atoms in total. The van der Waals surface area contributed by atoms with E-state index < -0.39 is 9.84 Å². The molecule has 0 aromatic heterocycles. The zero-order valence-corrected chi connectivity index (χ0v) is 11.9. The lowest BCUT2D eigenvalue weighted by Crippen LogP contribution is -2.18. The molecule has 0 radical (unpaired) electrons. The summed E-state index contributed by atoms with van der Waals surface area (Å²) in [5.74, 6) is 0.936. The highest BCUT2D eigenvalue weighted by molar-refractivity contribution is 7.91. The number of sulfone groups is 1. The second-order valence-corrected chi connectivity index (χ2v) is 7.59. The van der Waals surface area contributed by atoms with Crippen molar-refractivity contribution in [2.24, 2.45) is 5.16 Å². The summed E-state index contributed by atoms with van der Waals surface area (Å²) in [6.45, 7) is 0. The van der Waals surface area contributed by atoms with E-state index in [9.17, 15) is 8.42 Å². The van der Waals surface area contributed by atoms with Crippen molar-refractivity contribution >= 4 is 15.5 Å². The van der Waals surface area contributed by atoms with Gasteiger partial charge in [-0.05, 0) is 43.4 Å². The molecule has 1 fully saturated rings. The molecule has 1 aromatic rings. The largest absolute Gasteiger partial charge is 0.489 e. The van der Waals surface area contributed by atoms with Gasteiger partial charge in [0.05, 0.1) is 17.2 Å². The molecule has 1 heterocycles. The Morgan fingerprint density at radius 2 is 2.15 bits per heavy atom. The maximum atomic E-state index is 11.4. The molecular weight excluding hydrogens is 278 g/mol. The predicted molar refractivity (Wildman–Crippen MR) is 75.4 cm³/mol. The first kappa shape index (κ1) is 13.4. The highest BCUT2D eigenvalue weighted by Gasteiger charge is 2.29. The van der Waals surface area contributed by atoms with Crippen LogP contribution in [0.4, 0.5) is 0 Å². The number of rotatable bonds is 2. The molecular formula is C14H17NO4S. The third kappa shape index (κ3) is 2.65. The Morgan fingerprint density at radius 3 is 2.85 bits per heavy atom. The summed E-state index contributed by atoms with van der Waals surface area (Å²) in [7, 11) is -2.94. The van der Waals surface area contributed by atoms with Crippen LogP contribution in [0.1, 0.15) is 30.4 Å². The lowest BCUT2D eigenvalue weighted by atomic mass is 9.90. The van der Waals surface area contributed by atoms with Gasteiger partial charge in [-0.1, -0.05) is 11.2 Å². The van der Waals surface area contributed by atoms with Crippen LogP contribution in [0.2, 0.25) is 0 Å². The summed E-state index contributed by atoms with van der Waals surface area (Å²) in [5.41, 5.74) is 2.74. The van der Waals surface area contributed by atoms with Gasteiger partial charge in [0.1, 0.15) is 11.9 Å². The van der Waals surface area contributed by atoms with Crippen LogP contribution in [0.15, 0.2) is 23.4 Å². The van der Waals surface area contributed by atoms with Gasteiger partial charge in [0, 0.05) is 5.56 Å². The highest BCUT2D eigenvalue weighted by atomic mass is 32.2. The van der Waals surface area contributed by atoms with Crippen molar-refractivity contribution in [3.63, 3.8) is 0 Å². The van der Waals surface area contributed by atoms with Gasteiger partial charge < -0.3 is 9.94 Å². The van der Waals surface area contributed by atoms with E-state index in [1.807, 2.05) is 18.2 Å². The fraction of sp³-hybridized carbons (Fsp3) is 0.500. The van der Waals surface area contributed by atoms with Crippen molar-refractivity contribution in [2.45, 2.75) is 31.8 Å². The van der Waals surface area contributed by atoms with Crippen LogP contribution in [-0.2, 0) is 16.3 Å². The number of hydrogen-bond acceptors (Lipinski definition) is 5. The number of fused-ring (bicyclic) bond motifs is 1. The van der Waals surface area contributed by atoms with Crippen molar-refractivity contribution in [3.8, 4) is 5.75 Å². The fourth-order valence-corrected chi connectivity index (χ4v) is 4.44. The molecule has 0 bridgehead atoms. The number of aryl methyl sites for hydroxylation is 1. The minimum Gasteiger partial charge on any atom is -0.489 e. The minimum atomic E-state index is -2.94. The quantitative estimate of drug-likeness (QED) is 0.666. The smallest absolute Gasteiger partial charge is 0.154 e. The Hall–Kier alpha value is -1.56. The van der Waals surface area contributed by atoms with Gasteiger partial charge in [-0.2, -0.15) is 0 Å². The molecule has 1 aliphatic carbocycles. The molecule has 2 aliphatic rings. The molecule has 1 atom stereocenters. The third-order valence-corrected chi connectivity index (χ3v) is 5.60. The maximum absolute atomic E-state index is 11.4. The Morgan fingerprint density at radius 1 is 1.30 bits per heavy atom. The van der Waals surface area contributed by atoms with Crippen LogP contribution in [0.3, 0.4) is 0 Å². The number of nitrogens with zero attached hydrogens (tertiary/aromatic N) is 1. The Bertz CT molecular complexity index is 651. The average molecular weight is 295 g/mol. The van der Waals surface area contributed by atoms with Gasteiger partial charge in [0.15, 0.2) is 9.84 Å². The van der Waals surface area contributed by atoms with E-state index >= 15 is 0 Å². The summed E-state index contributed by atoms with van der Waals surface area (Å²) < 4.78 is 28.6. The van der Waals surface area contributed by atoms with E-state index in [1.165, 1.54) is 0 Å². The standard InChI is InChI=1S/C14H17NO4S/c16-15-14-3-1-2-10-4-5-11(8-13(10)14)19-12-6-7-20(17,18)9-12/h4-5,8,12,16H,1-3,6-7,9H2/b15-14-. The summed E-state index contributed by atoms with van der Waals surface area (Å²) in [4.78, 5) is 0. The monoisotopic (exact) mass is 295 g/mol. The number of oxime groups is 1. The molecule has 1 unspecified atom stereocenters. The number of benzene rings is 1. The molecule has 0 spiro atoms. The SMILES string of the molecule is O=S1(=O)CCC(Oc2ccc3c(c2)/C(=N\O)CCC3)C1. The van der Waals surface area contributed by atoms with E-state index in [-0.39, 0.29) is 17.6 Å². The molecule has 1 aromatic carbocycles. The molecule has 1 saturated heterocycles. The number of ether oxygens (including phenoxy) is 1. The molecule has 1 aliphatic heterocycles. The summed E-state index contributed by atoms with van der Waals surface area (Å²) >= 11 is 0. The van der Waals surface area contributed by atoms with Crippen LogP contribution < -0.4 is 4.74 Å². The van der Waals surface area contributed by atoms with Gasteiger partial charge in [0.2, 0.25) is 0 Å². The molecule has 0 amide bonds. The normalized spacial score (nSPS) is 26.4. The van der Waals surface area contributed by atoms with E-state index in [0.717, 1.165) is 30.4 Å². The topological polar surface area (TPSA) is 76.0 Å². The van der Waals surface area contributed by atoms with Gasteiger partial charge in [-0.25, -0.2) is 8.42 Å². The van der Waals surface area contributed by atoms with E-state index in [2.05, 4.69) is 5.16 Å². The molecule has 20 heavy (non-hydrogen) atoms. The lowest BCUT2D eigenvalue weighted by molar-refractivity contribution is 0.229. The number of hydrogen-bond donors (Lipinski definition) is 1. The summed E-state index contributed by atoms with van der Waals surface area (Å²) in [6.07, 6.45) is 2.97. The Labute approximate surface area is 118 Å². The molecule has 3 rings (SSSR count). The Balaban J connectivity index is 1.82. The van der Waals surface area contributed by atoms with E-state index in [4.69, 9.17) is 9.94 Å². The van der Waals surface area contributed by atoms with Crippen LogP contribution in [-0.4, -0.2) is 36.9 Å². The molecule has 1 N–H and O–H groups in total. The average Bonchev–Trinajstić information content (AvgIpc) is 2.77. The molecule has 0 saturated carbocycles.